The van der Waals surface area contributed by atoms with Crippen LogP contribution in [-0.4, -0.2) is 52.0 Å². The minimum absolute atomic E-state index is 0.0495. The van der Waals surface area contributed by atoms with Gasteiger partial charge in [-0.3, -0.25) is 9.59 Å². The third kappa shape index (κ3) is 5.04. The molecule has 2 heterocycles. The summed E-state index contributed by atoms with van der Waals surface area (Å²) in [6, 6.07) is 5.48. The Bertz CT molecular complexity index is 673. The first kappa shape index (κ1) is 20.4. The van der Waals surface area contributed by atoms with E-state index >= 15 is 0 Å². The number of nitrogens with zero attached hydrogens (tertiary/aromatic N) is 2. The zero-order chi connectivity index (χ0) is 19.7. The van der Waals surface area contributed by atoms with E-state index in [-0.39, 0.29) is 23.3 Å². The Kier molecular flexibility index (Phi) is 5.76. The molecule has 6 nitrogen and oxygen atoms in total. The van der Waals surface area contributed by atoms with E-state index in [1.807, 2.05) is 53.7 Å². The lowest BCUT2D eigenvalue weighted by molar-refractivity contribution is -0.158. The molecular formula is C20H31N3O3. The Labute approximate surface area is 156 Å². The molecule has 6 heteroatoms. The van der Waals surface area contributed by atoms with Gasteiger partial charge in [0.25, 0.3) is 11.8 Å². The largest absolute Gasteiger partial charge is 0.363 e. The van der Waals surface area contributed by atoms with Crippen LogP contribution < -0.4 is 5.32 Å². The number of pyridine rings is 1. The number of rotatable bonds is 5. The first-order valence-corrected chi connectivity index (χ1v) is 9.16. The molecule has 0 saturated carbocycles. The van der Waals surface area contributed by atoms with Gasteiger partial charge in [0, 0.05) is 18.8 Å². The molecule has 1 aliphatic heterocycles. The predicted molar refractivity (Wildman–Crippen MR) is 101 cm³/mol. The topological polar surface area (TPSA) is 71.5 Å². The minimum atomic E-state index is -0.500. The molecule has 0 aliphatic carbocycles. The van der Waals surface area contributed by atoms with Crippen molar-refractivity contribution in [3.8, 4) is 0 Å². The van der Waals surface area contributed by atoms with Gasteiger partial charge in [-0.2, -0.15) is 0 Å². The summed E-state index contributed by atoms with van der Waals surface area (Å²) in [5, 5.41) is 3.01. The number of ether oxygens (including phenoxy) is 1. The highest BCUT2D eigenvalue weighted by Crippen LogP contribution is 2.23. The van der Waals surface area contributed by atoms with Crippen LogP contribution in [0.3, 0.4) is 0 Å². The van der Waals surface area contributed by atoms with Gasteiger partial charge in [-0.05, 0) is 52.7 Å². The van der Waals surface area contributed by atoms with Crippen molar-refractivity contribution in [1.29, 1.82) is 0 Å². The number of amides is 2. The Hall–Kier alpha value is -1.95. The van der Waals surface area contributed by atoms with Crippen molar-refractivity contribution in [2.24, 2.45) is 0 Å². The molecule has 1 aliphatic rings. The highest BCUT2D eigenvalue weighted by Gasteiger charge is 2.44. The van der Waals surface area contributed by atoms with E-state index in [4.69, 9.17) is 4.74 Å². The number of hydrogen-bond acceptors (Lipinski definition) is 4. The number of nitrogens with one attached hydrogen (secondary N) is 1. The fraction of sp³-hybridized carbons (Fsp3) is 0.650. The van der Waals surface area contributed by atoms with E-state index < -0.39 is 11.6 Å². The summed E-state index contributed by atoms with van der Waals surface area (Å²) in [5.41, 5.74) is 0.488. The molecule has 1 N–H and O–H groups in total. The molecule has 1 fully saturated rings. The number of likely N-dealkylation sites (tertiary alicyclic amines) is 1. The van der Waals surface area contributed by atoms with Gasteiger partial charge in [0.1, 0.15) is 11.8 Å². The van der Waals surface area contributed by atoms with Gasteiger partial charge in [0.05, 0.1) is 11.1 Å². The molecule has 2 rings (SSSR count). The molecular weight excluding hydrogens is 330 g/mol. The standard InChI is InChI=1S/C20H31N3O3/c1-13(2)15-9-8-10-16(21-15)17(24)22-20(7)11-23(12-20)18(25)14(3)26-19(4,5)6/h8-10,13-14H,11-12H2,1-7H3,(H,22,24)/t14-/m0/s1. The molecule has 0 unspecified atom stereocenters. The second kappa shape index (κ2) is 7.35. The Balaban J connectivity index is 1.93. The van der Waals surface area contributed by atoms with Crippen molar-refractivity contribution in [1.82, 2.24) is 15.2 Å². The number of carbonyl (C=O) groups excluding carboxylic acids is 2. The maximum absolute atomic E-state index is 12.5. The van der Waals surface area contributed by atoms with Crippen LogP contribution >= 0.6 is 0 Å². The number of hydrogen-bond donors (Lipinski definition) is 1. The average Bonchev–Trinajstić information content (AvgIpc) is 2.50. The fourth-order valence-electron chi connectivity index (χ4n) is 3.11. The van der Waals surface area contributed by atoms with E-state index in [1.165, 1.54) is 0 Å². The quantitative estimate of drug-likeness (QED) is 0.875. The average molecular weight is 361 g/mol. The highest BCUT2D eigenvalue weighted by molar-refractivity contribution is 5.93. The lowest BCUT2D eigenvalue weighted by Gasteiger charge is -2.49. The van der Waals surface area contributed by atoms with Gasteiger partial charge < -0.3 is 15.0 Å². The van der Waals surface area contributed by atoms with Gasteiger partial charge in [0.2, 0.25) is 0 Å². The van der Waals surface area contributed by atoms with Crippen LogP contribution in [0.15, 0.2) is 18.2 Å². The normalized spacial score (nSPS) is 17.6. The van der Waals surface area contributed by atoms with Crippen molar-refractivity contribution in [2.45, 2.75) is 71.6 Å². The van der Waals surface area contributed by atoms with Crippen LogP contribution in [0.1, 0.15) is 70.6 Å². The first-order chi connectivity index (χ1) is 11.9. The third-order valence-corrected chi connectivity index (χ3v) is 4.28. The van der Waals surface area contributed by atoms with E-state index in [0.29, 0.717) is 18.8 Å². The third-order valence-electron chi connectivity index (χ3n) is 4.28. The second-order valence-corrected chi connectivity index (χ2v) is 8.68. The number of carbonyl (C=O) groups is 2. The summed E-state index contributed by atoms with van der Waals surface area (Å²) < 4.78 is 5.72. The van der Waals surface area contributed by atoms with E-state index in [9.17, 15) is 9.59 Å². The van der Waals surface area contributed by atoms with Gasteiger partial charge in [0.15, 0.2) is 0 Å². The SMILES string of the molecule is CC(C)c1cccc(C(=O)NC2(C)CN(C(=O)[C@H](C)OC(C)(C)C)C2)n1. The summed E-state index contributed by atoms with van der Waals surface area (Å²) in [4.78, 5) is 31.1. The molecule has 0 radical (unpaired) electrons. The van der Waals surface area contributed by atoms with Crippen molar-refractivity contribution in [3.05, 3.63) is 29.6 Å². The van der Waals surface area contributed by atoms with Crippen molar-refractivity contribution >= 4 is 11.8 Å². The summed E-state index contributed by atoms with van der Waals surface area (Å²) in [6.07, 6.45) is -0.500. The van der Waals surface area contributed by atoms with Gasteiger partial charge in [-0.25, -0.2) is 4.98 Å². The van der Waals surface area contributed by atoms with Gasteiger partial charge in [-0.15, -0.1) is 0 Å². The van der Waals surface area contributed by atoms with Crippen LogP contribution in [0.2, 0.25) is 0 Å². The Morgan fingerprint density at radius 2 is 1.85 bits per heavy atom. The van der Waals surface area contributed by atoms with Crippen molar-refractivity contribution in [3.63, 3.8) is 0 Å². The highest BCUT2D eigenvalue weighted by atomic mass is 16.5. The lowest BCUT2D eigenvalue weighted by atomic mass is 9.91. The summed E-state index contributed by atoms with van der Waals surface area (Å²) in [7, 11) is 0. The fourth-order valence-corrected chi connectivity index (χ4v) is 3.11. The van der Waals surface area contributed by atoms with Crippen LogP contribution in [-0.2, 0) is 9.53 Å². The van der Waals surface area contributed by atoms with Gasteiger partial charge in [-0.1, -0.05) is 19.9 Å². The molecule has 1 aromatic rings. The Morgan fingerprint density at radius 3 is 2.38 bits per heavy atom. The molecule has 0 bridgehead atoms. The van der Waals surface area contributed by atoms with Crippen LogP contribution in [0.4, 0.5) is 0 Å². The monoisotopic (exact) mass is 361 g/mol. The first-order valence-electron chi connectivity index (χ1n) is 9.16. The zero-order valence-corrected chi connectivity index (χ0v) is 16.9. The maximum Gasteiger partial charge on any atom is 0.270 e. The summed E-state index contributed by atoms with van der Waals surface area (Å²) >= 11 is 0. The summed E-state index contributed by atoms with van der Waals surface area (Å²) in [5.74, 6) is 0.00660. The molecule has 144 valence electrons. The van der Waals surface area contributed by atoms with E-state index in [2.05, 4.69) is 10.3 Å². The Morgan fingerprint density at radius 1 is 1.23 bits per heavy atom. The zero-order valence-electron chi connectivity index (χ0n) is 16.9. The lowest BCUT2D eigenvalue weighted by Crippen LogP contribution is -2.70. The molecule has 1 aromatic heterocycles. The predicted octanol–water partition coefficient (Wildman–Crippen LogP) is 2.74. The number of aromatic nitrogens is 1. The molecule has 0 aromatic carbocycles. The van der Waals surface area contributed by atoms with Crippen LogP contribution in [0, 0.1) is 0 Å². The molecule has 26 heavy (non-hydrogen) atoms. The van der Waals surface area contributed by atoms with Crippen molar-refractivity contribution < 1.29 is 14.3 Å². The second-order valence-electron chi connectivity index (χ2n) is 8.68. The van der Waals surface area contributed by atoms with E-state index in [1.54, 1.807) is 17.9 Å². The van der Waals surface area contributed by atoms with Crippen LogP contribution in [0.5, 0.6) is 0 Å². The molecule has 0 spiro atoms. The molecule has 1 saturated heterocycles. The smallest absolute Gasteiger partial charge is 0.270 e. The van der Waals surface area contributed by atoms with Crippen molar-refractivity contribution in [2.75, 3.05) is 13.1 Å². The minimum Gasteiger partial charge on any atom is -0.363 e. The van der Waals surface area contributed by atoms with E-state index in [0.717, 1.165) is 5.69 Å². The maximum atomic E-state index is 12.5. The molecule has 1 atom stereocenters. The van der Waals surface area contributed by atoms with Crippen LogP contribution in [0.25, 0.3) is 0 Å². The van der Waals surface area contributed by atoms with Gasteiger partial charge >= 0.3 is 0 Å². The molecule has 2 amide bonds. The summed E-state index contributed by atoms with van der Waals surface area (Å²) in [6.45, 7) is 14.5.